The summed E-state index contributed by atoms with van der Waals surface area (Å²) in [7, 11) is 0. The molecule has 3 amide bonds. The van der Waals surface area contributed by atoms with Crippen molar-refractivity contribution in [2.45, 2.75) is 19.9 Å². The number of carbonyl (C=O) groups excluding carboxylic acids is 3. The van der Waals surface area contributed by atoms with Crippen LogP contribution >= 0.6 is 0 Å². The van der Waals surface area contributed by atoms with E-state index in [2.05, 4.69) is 24.0 Å². The molecule has 1 unspecified atom stereocenters. The zero-order valence-electron chi connectivity index (χ0n) is 16.1. The average molecular weight is 377 g/mol. The van der Waals surface area contributed by atoms with Crippen molar-refractivity contribution in [3.8, 4) is 0 Å². The number of hydrogen-bond acceptors (Lipinski definition) is 4. The standard InChI is InChI=1S/C22H23N3O3/c1-15-7-3-6-10-19(15)23-11-13-24(14-12-23)20(26)16(2)25-21(27)17-8-4-5-9-18(17)22(25)28/h3-10,16H,11-14H2,1-2H3. The number of benzene rings is 2. The second kappa shape index (κ2) is 7.11. The number of anilines is 1. The number of piperazine rings is 1. The fourth-order valence-corrected chi connectivity index (χ4v) is 4.02. The van der Waals surface area contributed by atoms with E-state index in [1.54, 1.807) is 36.1 Å². The Morgan fingerprint density at radius 2 is 1.39 bits per heavy atom. The van der Waals surface area contributed by atoms with E-state index < -0.39 is 6.04 Å². The summed E-state index contributed by atoms with van der Waals surface area (Å²) >= 11 is 0. The van der Waals surface area contributed by atoms with Gasteiger partial charge < -0.3 is 9.80 Å². The Balaban J connectivity index is 1.44. The fourth-order valence-electron chi connectivity index (χ4n) is 4.02. The number of fused-ring (bicyclic) bond motifs is 1. The Labute approximate surface area is 164 Å². The maximum atomic E-state index is 13.0. The molecule has 0 spiro atoms. The summed E-state index contributed by atoms with van der Waals surface area (Å²) in [6.07, 6.45) is 0. The van der Waals surface area contributed by atoms with Crippen LogP contribution in [0.2, 0.25) is 0 Å². The zero-order chi connectivity index (χ0) is 19.8. The first-order valence-electron chi connectivity index (χ1n) is 9.55. The van der Waals surface area contributed by atoms with Gasteiger partial charge in [-0.3, -0.25) is 19.3 Å². The molecule has 144 valence electrons. The molecule has 0 N–H and O–H groups in total. The second-order valence-corrected chi connectivity index (χ2v) is 7.30. The third-order valence-electron chi connectivity index (χ3n) is 5.62. The number of aryl methyl sites for hydroxylation is 1. The minimum atomic E-state index is -0.808. The molecule has 1 atom stereocenters. The third-order valence-corrected chi connectivity index (χ3v) is 5.62. The lowest BCUT2D eigenvalue weighted by atomic mass is 10.1. The van der Waals surface area contributed by atoms with Crippen LogP contribution in [0.15, 0.2) is 48.5 Å². The lowest BCUT2D eigenvalue weighted by molar-refractivity contribution is -0.135. The van der Waals surface area contributed by atoms with Gasteiger partial charge in [0.15, 0.2) is 0 Å². The van der Waals surface area contributed by atoms with Crippen molar-refractivity contribution < 1.29 is 14.4 Å². The largest absolute Gasteiger partial charge is 0.368 e. The molecule has 6 nitrogen and oxygen atoms in total. The zero-order valence-corrected chi connectivity index (χ0v) is 16.1. The first kappa shape index (κ1) is 18.2. The van der Waals surface area contributed by atoms with Crippen LogP contribution in [0.4, 0.5) is 5.69 Å². The molecule has 2 heterocycles. The Hall–Kier alpha value is -3.15. The summed E-state index contributed by atoms with van der Waals surface area (Å²) in [5.41, 5.74) is 3.14. The van der Waals surface area contributed by atoms with Crippen LogP contribution in [0.25, 0.3) is 0 Å². The lowest BCUT2D eigenvalue weighted by Gasteiger charge is -2.38. The van der Waals surface area contributed by atoms with Crippen molar-refractivity contribution in [2.75, 3.05) is 31.1 Å². The molecule has 0 bridgehead atoms. The van der Waals surface area contributed by atoms with E-state index in [4.69, 9.17) is 0 Å². The van der Waals surface area contributed by atoms with Gasteiger partial charge in [-0.1, -0.05) is 30.3 Å². The number of hydrogen-bond donors (Lipinski definition) is 0. The van der Waals surface area contributed by atoms with Gasteiger partial charge in [0.05, 0.1) is 11.1 Å². The van der Waals surface area contributed by atoms with Crippen molar-refractivity contribution in [3.05, 3.63) is 65.2 Å². The van der Waals surface area contributed by atoms with Crippen molar-refractivity contribution in [1.82, 2.24) is 9.80 Å². The van der Waals surface area contributed by atoms with Crippen molar-refractivity contribution in [2.24, 2.45) is 0 Å². The first-order valence-corrected chi connectivity index (χ1v) is 9.55. The molecule has 28 heavy (non-hydrogen) atoms. The molecule has 2 aliphatic heterocycles. The van der Waals surface area contributed by atoms with E-state index in [0.717, 1.165) is 18.0 Å². The molecule has 4 rings (SSSR count). The molecular formula is C22H23N3O3. The van der Waals surface area contributed by atoms with E-state index in [0.29, 0.717) is 24.2 Å². The molecule has 0 radical (unpaired) electrons. The summed E-state index contributed by atoms with van der Waals surface area (Å²) in [5.74, 6) is -0.959. The van der Waals surface area contributed by atoms with Crippen LogP contribution in [-0.2, 0) is 4.79 Å². The Morgan fingerprint density at radius 1 is 0.857 bits per heavy atom. The van der Waals surface area contributed by atoms with Gasteiger partial charge in [-0.15, -0.1) is 0 Å². The summed E-state index contributed by atoms with van der Waals surface area (Å²) < 4.78 is 0. The van der Waals surface area contributed by atoms with Crippen LogP contribution in [0.5, 0.6) is 0 Å². The number of imide groups is 1. The van der Waals surface area contributed by atoms with Gasteiger partial charge in [-0.05, 0) is 37.6 Å². The minimum Gasteiger partial charge on any atom is -0.368 e. The molecule has 6 heteroatoms. The van der Waals surface area contributed by atoms with Gasteiger partial charge in [-0.25, -0.2) is 0 Å². The molecular weight excluding hydrogens is 354 g/mol. The van der Waals surface area contributed by atoms with E-state index in [1.165, 1.54) is 11.3 Å². The quantitative estimate of drug-likeness (QED) is 0.771. The topological polar surface area (TPSA) is 60.9 Å². The lowest BCUT2D eigenvalue weighted by Crippen LogP contribution is -2.55. The predicted molar refractivity (Wildman–Crippen MR) is 106 cm³/mol. The van der Waals surface area contributed by atoms with Crippen LogP contribution in [0, 0.1) is 6.92 Å². The monoisotopic (exact) mass is 377 g/mol. The Bertz CT molecular complexity index is 913. The molecule has 1 saturated heterocycles. The van der Waals surface area contributed by atoms with Crippen LogP contribution in [-0.4, -0.2) is 59.7 Å². The van der Waals surface area contributed by atoms with Crippen LogP contribution in [0.1, 0.15) is 33.2 Å². The highest BCUT2D eigenvalue weighted by Gasteiger charge is 2.42. The van der Waals surface area contributed by atoms with Crippen molar-refractivity contribution in [3.63, 3.8) is 0 Å². The van der Waals surface area contributed by atoms with Gasteiger partial charge in [0.25, 0.3) is 11.8 Å². The van der Waals surface area contributed by atoms with E-state index >= 15 is 0 Å². The molecule has 2 aromatic rings. The number of carbonyl (C=O) groups is 3. The summed E-state index contributed by atoms with van der Waals surface area (Å²) in [4.78, 5) is 43.4. The summed E-state index contributed by atoms with van der Waals surface area (Å²) in [6.45, 7) is 6.31. The maximum Gasteiger partial charge on any atom is 0.262 e. The molecule has 0 aromatic heterocycles. The van der Waals surface area contributed by atoms with Gasteiger partial charge in [0.1, 0.15) is 6.04 Å². The third kappa shape index (κ3) is 2.95. The highest BCUT2D eigenvalue weighted by Crippen LogP contribution is 2.26. The van der Waals surface area contributed by atoms with Crippen molar-refractivity contribution in [1.29, 1.82) is 0 Å². The van der Waals surface area contributed by atoms with Gasteiger partial charge in [0, 0.05) is 31.9 Å². The highest BCUT2D eigenvalue weighted by atomic mass is 16.2. The molecule has 2 aromatic carbocycles. The normalized spacial score (nSPS) is 17.7. The first-order chi connectivity index (χ1) is 13.5. The molecule has 2 aliphatic rings. The van der Waals surface area contributed by atoms with Crippen LogP contribution < -0.4 is 4.90 Å². The van der Waals surface area contributed by atoms with Crippen molar-refractivity contribution >= 4 is 23.4 Å². The van der Waals surface area contributed by atoms with Gasteiger partial charge in [0.2, 0.25) is 5.91 Å². The summed E-state index contributed by atoms with van der Waals surface area (Å²) in [5, 5.41) is 0. The molecule has 0 saturated carbocycles. The summed E-state index contributed by atoms with van der Waals surface area (Å²) in [6, 6.07) is 14.1. The predicted octanol–water partition coefficient (Wildman–Crippen LogP) is 2.33. The van der Waals surface area contributed by atoms with E-state index in [-0.39, 0.29) is 17.7 Å². The van der Waals surface area contributed by atoms with E-state index in [1.807, 2.05) is 12.1 Å². The fraction of sp³-hybridized carbons (Fsp3) is 0.318. The highest BCUT2D eigenvalue weighted by molar-refractivity contribution is 6.22. The second-order valence-electron chi connectivity index (χ2n) is 7.30. The van der Waals surface area contributed by atoms with Gasteiger partial charge in [-0.2, -0.15) is 0 Å². The van der Waals surface area contributed by atoms with Gasteiger partial charge >= 0.3 is 0 Å². The molecule has 1 fully saturated rings. The number of rotatable bonds is 3. The van der Waals surface area contributed by atoms with E-state index in [9.17, 15) is 14.4 Å². The smallest absolute Gasteiger partial charge is 0.262 e. The maximum absolute atomic E-state index is 13.0. The number of amides is 3. The Morgan fingerprint density at radius 3 is 1.96 bits per heavy atom. The number of nitrogens with zero attached hydrogens (tertiary/aromatic N) is 3. The Kier molecular flexibility index (Phi) is 4.63. The average Bonchev–Trinajstić information content (AvgIpc) is 2.98. The molecule has 0 aliphatic carbocycles. The minimum absolute atomic E-state index is 0.182. The number of para-hydroxylation sites is 1. The van der Waals surface area contributed by atoms with Crippen LogP contribution in [0.3, 0.4) is 0 Å². The SMILES string of the molecule is Cc1ccccc1N1CCN(C(=O)C(C)N2C(=O)c3ccccc3C2=O)CC1.